The molecular formula is C21H22F2N6O. The standard InChI is InChI=1S/C21H22F2N6O/c1-12-13(2)29-21(25-11-26-29)17-10-28(9-16(12)17)19(30)5-14-7-27(8-14)15-3-4-24-18(6-15)20(22)23/h3-4,6,11,14,20H,5,7-10H2,1-2H3. The van der Waals surface area contributed by atoms with Crippen molar-refractivity contribution in [1.82, 2.24) is 24.5 Å². The van der Waals surface area contributed by atoms with Crippen molar-refractivity contribution < 1.29 is 13.6 Å². The van der Waals surface area contributed by atoms with Gasteiger partial charge in [0.1, 0.15) is 12.0 Å². The summed E-state index contributed by atoms with van der Waals surface area (Å²) in [5, 5.41) is 4.30. The minimum Gasteiger partial charge on any atom is -0.371 e. The molecule has 3 aromatic heterocycles. The highest BCUT2D eigenvalue weighted by molar-refractivity contribution is 5.78. The van der Waals surface area contributed by atoms with Crippen molar-refractivity contribution in [2.45, 2.75) is 39.8 Å². The molecule has 1 fully saturated rings. The van der Waals surface area contributed by atoms with Crippen molar-refractivity contribution in [2.24, 2.45) is 5.92 Å². The van der Waals surface area contributed by atoms with Crippen LogP contribution in [0.4, 0.5) is 14.5 Å². The number of aryl methyl sites for hydroxylation is 1. The highest BCUT2D eigenvalue weighted by Gasteiger charge is 2.34. The first kappa shape index (κ1) is 18.9. The predicted molar refractivity (Wildman–Crippen MR) is 106 cm³/mol. The van der Waals surface area contributed by atoms with Crippen LogP contribution in [0, 0.1) is 19.8 Å². The number of hydrogen-bond donors (Lipinski definition) is 0. The third kappa shape index (κ3) is 3.00. The fraction of sp³-hybridized carbons (Fsp3) is 0.429. The molecule has 1 amide bonds. The molecule has 0 aromatic carbocycles. The summed E-state index contributed by atoms with van der Waals surface area (Å²) in [6, 6.07) is 3.16. The minimum absolute atomic E-state index is 0.119. The lowest BCUT2D eigenvalue weighted by atomic mass is 9.95. The van der Waals surface area contributed by atoms with Gasteiger partial charge in [-0.3, -0.25) is 9.78 Å². The van der Waals surface area contributed by atoms with Gasteiger partial charge < -0.3 is 9.80 Å². The number of rotatable bonds is 4. The number of amides is 1. The number of fused-ring (bicyclic) bond motifs is 3. The first-order valence-electron chi connectivity index (χ1n) is 10.00. The van der Waals surface area contributed by atoms with Crippen LogP contribution < -0.4 is 4.90 Å². The Morgan fingerprint density at radius 3 is 2.73 bits per heavy atom. The Balaban J connectivity index is 1.23. The Morgan fingerprint density at radius 1 is 1.20 bits per heavy atom. The van der Waals surface area contributed by atoms with E-state index in [4.69, 9.17) is 0 Å². The zero-order valence-electron chi connectivity index (χ0n) is 16.8. The second kappa shape index (κ2) is 7.00. The maximum absolute atomic E-state index is 12.9. The highest BCUT2D eigenvalue weighted by atomic mass is 19.3. The number of anilines is 1. The molecule has 0 aliphatic carbocycles. The van der Waals surface area contributed by atoms with E-state index < -0.39 is 6.43 Å². The Hall–Kier alpha value is -3.10. The molecule has 30 heavy (non-hydrogen) atoms. The normalized spacial score (nSPS) is 16.4. The van der Waals surface area contributed by atoms with E-state index in [2.05, 4.69) is 22.0 Å². The maximum Gasteiger partial charge on any atom is 0.280 e. The van der Waals surface area contributed by atoms with Crippen molar-refractivity contribution in [1.29, 1.82) is 0 Å². The van der Waals surface area contributed by atoms with Gasteiger partial charge in [0.2, 0.25) is 5.91 Å². The van der Waals surface area contributed by atoms with Gasteiger partial charge in [0.25, 0.3) is 6.43 Å². The number of carbonyl (C=O) groups is 1. The zero-order chi connectivity index (χ0) is 21.0. The number of hydrogen-bond acceptors (Lipinski definition) is 5. The lowest BCUT2D eigenvalue weighted by Crippen LogP contribution is -2.48. The van der Waals surface area contributed by atoms with Gasteiger partial charge in [-0.15, -0.1) is 0 Å². The number of carbonyl (C=O) groups excluding carboxylic acids is 1. The Morgan fingerprint density at radius 2 is 1.97 bits per heavy atom. The summed E-state index contributed by atoms with van der Waals surface area (Å²) >= 11 is 0. The van der Waals surface area contributed by atoms with Crippen LogP contribution in [0.3, 0.4) is 0 Å². The first-order valence-corrected chi connectivity index (χ1v) is 10.00. The van der Waals surface area contributed by atoms with E-state index in [1.165, 1.54) is 17.8 Å². The van der Waals surface area contributed by atoms with Crippen molar-refractivity contribution in [3.05, 3.63) is 52.7 Å². The summed E-state index contributed by atoms with van der Waals surface area (Å²) in [7, 11) is 0. The summed E-state index contributed by atoms with van der Waals surface area (Å²) in [4.78, 5) is 24.9. The van der Waals surface area contributed by atoms with Crippen LogP contribution in [-0.2, 0) is 17.9 Å². The minimum atomic E-state index is -2.58. The topological polar surface area (TPSA) is 66.6 Å². The summed E-state index contributed by atoms with van der Waals surface area (Å²) in [6.07, 6.45) is 0.836. The van der Waals surface area contributed by atoms with Gasteiger partial charge >= 0.3 is 0 Å². The van der Waals surface area contributed by atoms with Crippen molar-refractivity contribution in [2.75, 3.05) is 18.0 Å². The largest absolute Gasteiger partial charge is 0.371 e. The van der Waals surface area contributed by atoms with E-state index in [9.17, 15) is 13.6 Å². The van der Waals surface area contributed by atoms with Crippen LogP contribution in [0.25, 0.3) is 5.65 Å². The Kier molecular flexibility index (Phi) is 4.41. The van der Waals surface area contributed by atoms with Gasteiger partial charge in [0, 0.05) is 55.1 Å². The van der Waals surface area contributed by atoms with E-state index >= 15 is 0 Å². The molecule has 0 N–H and O–H groups in total. The molecule has 0 bridgehead atoms. The molecule has 1 saturated heterocycles. The fourth-order valence-corrected chi connectivity index (χ4v) is 4.46. The van der Waals surface area contributed by atoms with Crippen molar-refractivity contribution in [3.8, 4) is 0 Å². The van der Waals surface area contributed by atoms with Gasteiger partial charge in [-0.1, -0.05) is 0 Å². The summed E-state index contributed by atoms with van der Waals surface area (Å²) in [6.45, 7) is 6.61. The quantitative estimate of drug-likeness (QED) is 0.659. The molecule has 7 nitrogen and oxygen atoms in total. The molecule has 0 unspecified atom stereocenters. The SMILES string of the molecule is Cc1c2c(c3ncnn3c1C)CN(C(=O)CC1CN(c3ccnc(C(F)F)c3)C1)C2. The van der Waals surface area contributed by atoms with Gasteiger partial charge in [-0.05, 0) is 37.1 Å². The molecule has 2 aliphatic rings. The van der Waals surface area contributed by atoms with Crippen LogP contribution in [0.5, 0.6) is 0 Å². The van der Waals surface area contributed by atoms with E-state index in [0.29, 0.717) is 32.6 Å². The second-order valence-corrected chi connectivity index (χ2v) is 8.13. The molecule has 3 aromatic rings. The average molecular weight is 412 g/mol. The molecule has 0 radical (unpaired) electrons. The molecule has 156 valence electrons. The first-order chi connectivity index (χ1) is 14.4. The van der Waals surface area contributed by atoms with E-state index in [-0.39, 0.29) is 17.5 Å². The van der Waals surface area contributed by atoms with Crippen LogP contribution in [0.2, 0.25) is 0 Å². The van der Waals surface area contributed by atoms with Crippen molar-refractivity contribution in [3.63, 3.8) is 0 Å². The van der Waals surface area contributed by atoms with Crippen LogP contribution in [-0.4, -0.2) is 43.5 Å². The average Bonchev–Trinajstić information content (AvgIpc) is 3.35. The fourth-order valence-electron chi connectivity index (χ4n) is 4.46. The monoisotopic (exact) mass is 412 g/mol. The summed E-state index contributed by atoms with van der Waals surface area (Å²) in [5.41, 5.74) is 5.80. The van der Waals surface area contributed by atoms with E-state index in [1.54, 1.807) is 12.4 Å². The lowest BCUT2D eigenvalue weighted by Gasteiger charge is -2.41. The molecule has 0 saturated carbocycles. The summed E-state index contributed by atoms with van der Waals surface area (Å²) < 4.78 is 27.6. The van der Waals surface area contributed by atoms with E-state index in [0.717, 1.165) is 28.2 Å². The van der Waals surface area contributed by atoms with Gasteiger partial charge in [-0.25, -0.2) is 18.3 Å². The molecule has 5 rings (SSSR count). The molecular weight excluding hydrogens is 390 g/mol. The van der Waals surface area contributed by atoms with Crippen LogP contribution in [0.15, 0.2) is 24.7 Å². The maximum atomic E-state index is 12.9. The molecule has 0 atom stereocenters. The molecule has 9 heteroatoms. The number of alkyl halides is 2. The van der Waals surface area contributed by atoms with Crippen LogP contribution >= 0.6 is 0 Å². The number of halogens is 2. The van der Waals surface area contributed by atoms with Gasteiger partial charge in [-0.2, -0.15) is 5.10 Å². The molecule has 0 spiro atoms. The van der Waals surface area contributed by atoms with Gasteiger partial charge in [0.15, 0.2) is 5.65 Å². The number of aromatic nitrogens is 4. The second-order valence-electron chi connectivity index (χ2n) is 8.13. The van der Waals surface area contributed by atoms with Crippen LogP contribution in [0.1, 0.15) is 40.9 Å². The highest BCUT2D eigenvalue weighted by Crippen LogP contribution is 2.33. The predicted octanol–water partition coefficient (Wildman–Crippen LogP) is 3.05. The van der Waals surface area contributed by atoms with Crippen molar-refractivity contribution >= 4 is 17.2 Å². The number of nitrogens with zero attached hydrogens (tertiary/aromatic N) is 6. The molecule has 5 heterocycles. The summed E-state index contributed by atoms with van der Waals surface area (Å²) in [5.74, 6) is 0.342. The zero-order valence-corrected chi connectivity index (χ0v) is 16.8. The smallest absolute Gasteiger partial charge is 0.280 e. The third-order valence-corrected chi connectivity index (χ3v) is 6.32. The number of pyridine rings is 2. The Labute approximate surface area is 172 Å². The molecule has 2 aliphatic heterocycles. The third-order valence-electron chi connectivity index (χ3n) is 6.32. The Bertz CT molecular complexity index is 1140. The van der Waals surface area contributed by atoms with E-state index in [1.807, 2.05) is 21.2 Å². The van der Waals surface area contributed by atoms with Gasteiger partial charge in [0.05, 0.1) is 6.54 Å². The lowest BCUT2D eigenvalue weighted by molar-refractivity contribution is -0.133.